The van der Waals surface area contributed by atoms with Gasteiger partial charge in [0.1, 0.15) is 0 Å². The summed E-state index contributed by atoms with van der Waals surface area (Å²) in [5, 5.41) is 13.6. The van der Waals surface area contributed by atoms with E-state index in [-0.39, 0.29) is 0 Å². The number of benzene rings is 1. The van der Waals surface area contributed by atoms with Crippen LogP contribution in [-0.4, -0.2) is 28.0 Å². The Morgan fingerprint density at radius 1 is 1.40 bits per heavy atom. The summed E-state index contributed by atoms with van der Waals surface area (Å²) in [6.45, 7) is 0.933. The number of nitrogens with one attached hydrogen (secondary N) is 1. The molecule has 0 radical (unpaired) electrons. The minimum Gasteiger partial charge on any atom is -0.353 e. The van der Waals surface area contributed by atoms with Gasteiger partial charge in [-0.15, -0.1) is 0 Å². The molecule has 8 heteroatoms. The quantitative estimate of drug-likeness (QED) is 0.634. The Kier molecular flexibility index (Phi) is 4.16. The highest BCUT2D eigenvalue weighted by molar-refractivity contribution is 5.63. The molecule has 0 bridgehead atoms. The summed E-state index contributed by atoms with van der Waals surface area (Å²) in [6.07, 6.45) is 1.51. The van der Waals surface area contributed by atoms with Crippen LogP contribution in [0, 0.1) is 15.9 Å². The number of hydrogen-bond acceptors (Lipinski definition) is 6. The van der Waals surface area contributed by atoms with Crippen molar-refractivity contribution in [3.8, 4) is 11.3 Å². The number of nitro groups is 1. The molecule has 1 heterocycles. The Balaban J connectivity index is 2.36. The molecular formula is C12H12FN5O2. The fourth-order valence-electron chi connectivity index (χ4n) is 1.60. The van der Waals surface area contributed by atoms with E-state index in [9.17, 15) is 14.5 Å². The van der Waals surface area contributed by atoms with Crippen molar-refractivity contribution in [2.24, 2.45) is 5.73 Å². The number of hydrogen-bond donors (Lipinski definition) is 2. The molecule has 2 aromatic rings. The topological polar surface area (TPSA) is 107 Å². The maximum atomic E-state index is 13.3. The molecule has 2 rings (SSSR count). The summed E-state index contributed by atoms with van der Waals surface area (Å²) in [7, 11) is 0. The molecule has 0 aliphatic carbocycles. The molecule has 0 amide bonds. The molecule has 0 fully saturated rings. The third-order valence-corrected chi connectivity index (χ3v) is 2.52. The Morgan fingerprint density at radius 2 is 2.20 bits per heavy atom. The second-order valence-electron chi connectivity index (χ2n) is 3.90. The molecule has 0 atom stereocenters. The molecule has 3 N–H and O–H groups in total. The molecule has 0 saturated carbocycles. The molecule has 0 aliphatic rings. The lowest BCUT2D eigenvalue weighted by Gasteiger charge is -2.05. The van der Waals surface area contributed by atoms with E-state index in [1.54, 1.807) is 6.07 Å². The number of halogens is 1. The van der Waals surface area contributed by atoms with Crippen LogP contribution in [-0.2, 0) is 0 Å². The van der Waals surface area contributed by atoms with Crippen LogP contribution in [0.25, 0.3) is 11.3 Å². The van der Waals surface area contributed by atoms with Crippen molar-refractivity contribution in [1.82, 2.24) is 9.97 Å². The Labute approximate surface area is 113 Å². The van der Waals surface area contributed by atoms with Gasteiger partial charge < -0.3 is 11.1 Å². The lowest BCUT2D eigenvalue weighted by Crippen LogP contribution is -2.14. The normalized spacial score (nSPS) is 10.3. The molecule has 0 unspecified atom stereocenters. The predicted octanol–water partition coefficient (Wildman–Crippen LogP) is 1.56. The molecule has 1 aromatic heterocycles. The van der Waals surface area contributed by atoms with Gasteiger partial charge in [0.2, 0.25) is 11.8 Å². The first-order chi connectivity index (χ1) is 9.61. The van der Waals surface area contributed by atoms with Gasteiger partial charge in [-0.05, 0) is 18.2 Å². The van der Waals surface area contributed by atoms with Crippen LogP contribution in [0.2, 0.25) is 0 Å². The number of rotatable bonds is 5. The van der Waals surface area contributed by atoms with E-state index in [2.05, 4.69) is 15.3 Å². The van der Waals surface area contributed by atoms with Gasteiger partial charge in [-0.1, -0.05) is 0 Å². The van der Waals surface area contributed by atoms with Gasteiger partial charge in [0.15, 0.2) is 0 Å². The zero-order valence-electron chi connectivity index (χ0n) is 10.4. The summed E-state index contributed by atoms with van der Waals surface area (Å²) in [5.41, 5.74) is 5.68. The summed E-state index contributed by atoms with van der Waals surface area (Å²) in [4.78, 5) is 18.1. The van der Waals surface area contributed by atoms with Gasteiger partial charge in [0.05, 0.1) is 10.6 Å². The van der Waals surface area contributed by atoms with E-state index in [0.29, 0.717) is 30.3 Å². The standard InChI is InChI=1S/C12H12FN5O2/c13-9-2-1-8(7-11(9)18(19)20)10-3-5-15-12(17-10)16-6-4-14/h1-3,5,7H,4,6,14H2,(H,15,16,17). The van der Waals surface area contributed by atoms with Gasteiger partial charge in [-0.2, -0.15) is 4.39 Å². The number of nitrogens with two attached hydrogens (primary N) is 1. The summed E-state index contributed by atoms with van der Waals surface area (Å²) in [5.74, 6) is -0.519. The van der Waals surface area contributed by atoms with Crippen molar-refractivity contribution in [2.75, 3.05) is 18.4 Å². The predicted molar refractivity (Wildman–Crippen MR) is 71.6 cm³/mol. The van der Waals surface area contributed by atoms with Crippen LogP contribution in [0.5, 0.6) is 0 Å². The lowest BCUT2D eigenvalue weighted by atomic mass is 10.1. The zero-order chi connectivity index (χ0) is 14.5. The van der Waals surface area contributed by atoms with E-state index in [1.807, 2.05) is 0 Å². The first kappa shape index (κ1) is 13.8. The van der Waals surface area contributed by atoms with Crippen molar-refractivity contribution >= 4 is 11.6 Å². The highest BCUT2D eigenvalue weighted by Crippen LogP contribution is 2.25. The lowest BCUT2D eigenvalue weighted by molar-refractivity contribution is -0.387. The largest absolute Gasteiger partial charge is 0.353 e. The fraction of sp³-hybridized carbons (Fsp3) is 0.167. The number of nitro benzene ring substituents is 1. The minimum atomic E-state index is -0.880. The van der Waals surface area contributed by atoms with Gasteiger partial charge >= 0.3 is 5.69 Å². The summed E-state index contributed by atoms with van der Waals surface area (Å²) in [6, 6.07) is 5.20. The van der Waals surface area contributed by atoms with Crippen LogP contribution in [0.4, 0.5) is 16.0 Å². The van der Waals surface area contributed by atoms with Crippen LogP contribution >= 0.6 is 0 Å². The average Bonchev–Trinajstić information content (AvgIpc) is 2.45. The number of aromatic nitrogens is 2. The molecule has 104 valence electrons. The molecule has 7 nitrogen and oxygen atoms in total. The first-order valence-corrected chi connectivity index (χ1v) is 5.83. The minimum absolute atomic E-state index is 0.361. The van der Waals surface area contributed by atoms with E-state index >= 15 is 0 Å². The Morgan fingerprint density at radius 3 is 2.90 bits per heavy atom. The second kappa shape index (κ2) is 6.02. The van der Waals surface area contributed by atoms with Gasteiger partial charge in [0, 0.05) is 30.9 Å². The van der Waals surface area contributed by atoms with Crippen molar-refractivity contribution in [1.29, 1.82) is 0 Å². The second-order valence-corrected chi connectivity index (χ2v) is 3.90. The first-order valence-electron chi connectivity index (χ1n) is 5.83. The van der Waals surface area contributed by atoms with Crippen LogP contribution in [0.15, 0.2) is 30.5 Å². The van der Waals surface area contributed by atoms with Crippen LogP contribution in [0.3, 0.4) is 0 Å². The van der Waals surface area contributed by atoms with Crippen LogP contribution < -0.4 is 11.1 Å². The van der Waals surface area contributed by atoms with Crippen molar-refractivity contribution in [2.45, 2.75) is 0 Å². The number of nitrogens with zero attached hydrogens (tertiary/aromatic N) is 3. The van der Waals surface area contributed by atoms with Gasteiger partial charge in [-0.3, -0.25) is 10.1 Å². The highest BCUT2D eigenvalue weighted by Gasteiger charge is 2.15. The van der Waals surface area contributed by atoms with E-state index < -0.39 is 16.4 Å². The molecule has 0 saturated heterocycles. The fourth-order valence-corrected chi connectivity index (χ4v) is 1.60. The molecule has 0 aliphatic heterocycles. The third-order valence-electron chi connectivity index (χ3n) is 2.52. The summed E-state index contributed by atoms with van der Waals surface area (Å²) >= 11 is 0. The maximum Gasteiger partial charge on any atom is 0.305 e. The van der Waals surface area contributed by atoms with E-state index in [1.165, 1.54) is 12.3 Å². The van der Waals surface area contributed by atoms with Crippen LogP contribution in [0.1, 0.15) is 0 Å². The molecule has 20 heavy (non-hydrogen) atoms. The van der Waals surface area contributed by atoms with Crippen molar-refractivity contribution < 1.29 is 9.31 Å². The Hall–Kier alpha value is -2.61. The van der Waals surface area contributed by atoms with Crippen molar-refractivity contribution in [3.63, 3.8) is 0 Å². The maximum absolute atomic E-state index is 13.3. The smallest absolute Gasteiger partial charge is 0.305 e. The summed E-state index contributed by atoms with van der Waals surface area (Å²) < 4.78 is 13.3. The molecule has 1 aromatic carbocycles. The van der Waals surface area contributed by atoms with E-state index in [0.717, 1.165) is 12.1 Å². The highest BCUT2D eigenvalue weighted by atomic mass is 19.1. The Bertz CT molecular complexity index is 635. The van der Waals surface area contributed by atoms with E-state index in [4.69, 9.17) is 5.73 Å². The monoisotopic (exact) mass is 277 g/mol. The number of anilines is 1. The van der Waals surface area contributed by atoms with Gasteiger partial charge in [0.25, 0.3) is 0 Å². The van der Waals surface area contributed by atoms with Crippen molar-refractivity contribution in [3.05, 3.63) is 46.4 Å². The molecular weight excluding hydrogens is 265 g/mol. The van der Waals surface area contributed by atoms with Gasteiger partial charge in [-0.25, -0.2) is 9.97 Å². The average molecular weight is 277 g/mol. The zero-order valence-corrected chi connectivity index (χ0v) is 10.4. The third kappa shape index (κ3) is 3.04. The SMILES string of the molecule is NCCNc1nccc(-c2ccc(F)c([N+](=O)[O-])c2)n1. The molecule has 0 spiro atoms.